The van der Waals surface area contributed by atoms with Gasteiger partial charge < -0.3 is 10.6 Å². The van der Waals surface area contributed by atoms with Crippen molar-refractivity contribution in [2.75, 3.05) is 5.32 Å². The van der Waals surface area contributed by atoms with Crippen LogP contribution in [0.1, 0.15) is 12.8 Å². The minimum absolute atomic E-state index is 0.212. The minimum atomic E-state index is -4.10. The first kappa shape index (κ1) is 14.4. The van der Waals surface area contributed by atoms with Crippen LogP contribution in [0.15, 0.2) is 23.1 Å². The van der Waals surface area contributed by atoms with E-state index < -0.39 is 32.7 Å². The predicted molar refractivity (Wildman–Crippen MR) is 67.6 cm³/mol. The van der Waals surface area contributed by atoms with E-state index in [-0.39, 0.29) is 18.0 Å². The zero-order valence-corrected chi connectivity index (χ0v) is 11.0. The first-order valence-corrected chi connectivity index (χ1v) is 7.24. The molecule has 1 aliphatic heterocycles. The molecule has 7 nitrogen and oxygen atoms in total. The van der Waals surface area contributed by atoms with Crippen LogP contribution in [0.5, 0.6) is 0 Å². The van der Waals surface area contributed by atoms with Gasteiger partial charge in [0.15, 0.2) is 0 Å². The zero-order valence-electron chi connectivity index (χ0n) is 10.2. The number of halogens is 1. The SMILES string of the molecule is NS(=O)(=O)c1ccc(F)cc1NC(=O)[C@@H]1CCC(=O)N1. The van der Waals surface area contributed by atoms with E-state index in [0.717, 1.165) is 18.2 Å². The summed E-state index contributed by atoms with van der Waals surface area (Å²) in [6.45, 7) is 0. The molecule has 0 unspecified atom stereocenters. The number of carbonyl (C=O) groups is 2. The van der Waals surface area contributed by atoms with Gasteiger partial charge in [-0.05, 0) is 24.6 Å². The summed E-state index contributed by atoms with van der Waals surface area (Å²) in [5.41, 5.74) is -0.251. The van der Waals surface area contributed by atoms with Crippen molar-refractivity contribution < 1.29 is 22.4 Å². The molecule has 1 atom stereocenters. The Balaban J connectivity index is 2.27. The molecular weight excluding hydrogens is 289 g/mol. The smallest absolute Gasteiger partial charge is 0.246 e. The van der Waals surface area contributed by atoms with Gasteiger partial charge in [-0.15, -0.1) is 0 Å². The molecule has 1 heterocycles. The van der Waals surface area contributed by atoms with Gasteiger partial charge in [0.25, 0.3) is 0 Å². The average Bonchev–Trinajstić information content (AvgIpc) is 2.74. The van der Waals surface area contributed by atoms with Gasteiger partial charge in [-0.3, -0.25) is 9.59 Å². The van der Waals surface area contributed by atoms with E-state index >= 15 is 0 Å². The Morgan fingerprint density at radius 3 is 2.70 bits per heavy atom. The Morgan fingerprint density at radius 1 is 1.45 bits per heavy atom. The van der Waals surface area contributed by atoms with Crippen LogP contribution in [0.4, 0.5) is 10.1 Å². The summed E-state index contributed by atoms with van der Waals surface area (Å²) >= 11 is 0. The molecule has 4 N–H and O–H groups in total. The van der Waals surface area contributed by atoms with Crippen molar-refractivity contribution in [1.82, 2.24) is 5.32 Å². The second kappa shape index (κ2) is 5.17. The van der Waals surface area contributed by atoms with E-state index in [0.29, 0.717) is 6.42 Å². The van der Waals surface area contributed by atoms with Crippen LogP contribution in [-0.2, 0) is 19.6 Å². The molecule has 1 aliphatic rings. The van der Waals surface area contributed by atoms with Crippen LogP contribution < -0.4 is 15.8 Å². The van der Waals surface area contributed by atoms with E-state index in [1.54, 1.807) is 0 Å². The standard InChI is InChI=1S/C11H12FN3O4S/c12-6-1-3-9(20(13,18)19)8(5-6)15-11(17)7-2-4-10(16)14-7/h1,3,5,7H,2,4H2,(H,14,16)(H,15,17)(H2,13,18,19)/t7-/m0/s1. The maximum Gasteiger partial charge on any atom is 0.246 e. The van der Waals surface area contributed by atoms with Gasteiger partial charge in [0, 0.05) is 6.42 Å². The lowest BCUT2D eigenvalue weighted by atomic mass is 10.2. The van der Waals surface area contributed by atoms with Gasteiger partial charge in [-0.1, -0.05) is 0 Å². The Hall–Kier alpha value is -2.00. The van der Waals surface area contributed by atoms with E-state index in [2.05, 4.69) is 10.6 Å². The Morgan fingerprint density at radius 2 is 2.15 bits per heavy atom. The fourth-order valence-corrected chi connectivity index (χ4v) is 2.55. The van der Waals surface area contributed by atoms with Crippen LogP contribution in [0.3, 0.4) is 0 Å². The quantitative estimate of drug-likeness (QED) is 0.709. The monoisotopic (exact) mass is 301 g/mol. The fraction of sp³-hybridized carbons (Fsp3) is 0.273. The first-order chi connectivity index (χ1) is 9.27. The number of benzene rings is 1. The van der Waals surface area contributed by atoms with Gasteiger partial charge in [0.1, 0.15) is 16.8 Å². The minimum Gasteiger partial charge on any atom is -0.344 e. The zero-order chi connectivity index (χ0) is 14.9. The molecule has 0 bridgehead atoms. The highest BCUT2D eigenvalue weighted by Gasteiger charge is 2.28. The summed E-state index contributed by atoms with van der Waals surface area (Å²) in [5, 5.41) is 9.68. The van der Waals surface area contributed by atoms with Crippen molar-refractivity contribution in [3.8, 4) is 0 Å². The van der Waals surface area contributed by atoms with Gasteiger partial charge >= 0.3 is 0 Å². The maximum absolute atomic E-state index is 13.2. The van der Waals surface area contributed by atoms with E-state index in [4.69, 9.17) is 5.14 Å². The van der Waals surface area contributed by atoms with Gasteiger partial charge in [-0.25, -0.2) is 17.9 Å². The molecule has 2 rings (SSSR count). The largest absolute Gasteiger partial charge is 0.344 e. The van der Waals surface area contributed by atoms with Gasteiger partial charge in [0.2, 0.25) is 21.8 Å². The van der Waals surface area contributed by atoms with Crippen molar-refractivity contribution in [1.29, 1.82) is 0 Å². The lowest BCUT2D eigenvalue weighted by Gasteiger charge is -2.13. The molecular formula is C11H12FN3O4S. The number of primary sulfonamides is 1. The molecule has 1 saturated heterocycles. The maximum atomic E-state index is 13.2. The topological polar surface area (TPSA) is 118 Å². The molecule has 0 aliphatic carbocycles. The highest BCUT2D eigenvalue weighted by Crippen LogP contribution is 2.22. The molecule has 0 saturated carbocycles. The highest BCUT2D eigenvalue weighted by molar-refractivity contribution is 7.89. The van der Waals surface area contributed by atoms with Crippen molar-refractivity contribution in [2.45, 2.75) is 23.8 Å². The molecule has 20 heavy (non-hydrogen) atoms. The summed E-state index contributed by atoms with van der Waals surface area (Å²) in [6, 6.07) is 1.98. The molecule has 1 fully saturated rings. The third kappa shape index (κ3) is 3.11. The van der Waals surface area contributed by atoms with Crippen LogP contribution in [0, 0.1) is 5.82 Å². The summed E-state index contributed by atoms with van der Waals surface area (Å²) < 4.78 is 35.9. The number of carbonyl (C=O) groups excluding carboxylic acids is 2. The number of nitrogens with one attached hydrogen (secondary N) is 2. The number of hydrogen-bond donors (Lipinski definition) is 3. The number of hydrogen-bond acceptors (Lipinski definition) is 4. The van der Waals surface area contributed by atoms with E-state index in [1.807, 2.05) is 0 Å². The van der Waals surface area contributed by atoms with Crippen molar-refractivity contribution in [3.63, 3.8) is 0 Å². The third-order valence-electron chi connectivity index (χ3n) is 2.82. The second-order valence-corrected chi connectivity index (χ2v) is 5.86. The Labute approximate surface area is 114 Å². The van der Waals surface area contributed by atoms with Gasteiger partial charge in [-0.2, -0.15) is 0 Å². The van der Waals surface area contributed by atoms with Crippen LogP contribution >= 0.6 is 0 Å². The summed E-state index contributed by atoms with van der Waals surface area (Å²) in [6.07, 6.45) is 0.508. The van der Waals surface area contributed by atoms with E-state index in [1.165, 1.54) is 0 Å². The molecule has 9 heteroatoms. The number of nitrogens with two attached hydrogens (primary N) is 1. The number of sulfonamides is 1. The summed E-state index contributed by atoms with van der Waals surface area (Å²) in [5.74, 6) is -1.61. The molecule has 108 valence electrons. The first-order valence-electron chi connectivity index (χ1n) is 5.70. The third-order valence-corrected chi connectivity index (χ3v) is 3.79. The normalized spacial score (nSPS) is 18.7. The highest BCUT2D eigenvalue weighted by atomic mass is 32.2. The summed E-state index contributed by atoms with van der Waals surface area (Å²) in [4.78, 5) is 22.5. The molecule has 0 spiro atoms. The predicted octanol–water partition coefficient (Wildman–Crippen LogP) is -0.310. The Kier molecular flexibility index (Phi) is 3.73. The molecule has 0 aromatic heterocycles. The number of rotatable bonds is 3. The van der Waals surface area contributed by atoms with Crippen LogP contribution in [-0.4, -0.2) is 26.3 Å². The Bertz CT molecular complexity index is 674. The second-order valence-electron chi connectivity index (χ2n) is 4.33. The van der Waals surface area contributed by atoms with Crippen LogP contribution in [0.2, 0.25) is 0 Å². The van der Waals surface area contributed by atoms with Crippen molar-refractivity contribution in [3.05, 3.63) is 24.0 Å². The molecule has 1 aromatic carbocycles. The number of anilines is 1. The molecule has 1 aromatic rings. The van der Waals surface area contributed by atoms with Crippen LogP contribution in [0.25, 0.3) is 0 Å². The lowest BCUT2D eigenvalue weighted by Crippen LogP contribution is -2.37. The molecule has 2 amide bonds. The lowest BCUT2D eigenvalue weighted by molar-refractivity contribution is -0.122. The van der Waals surface area contributed by atoms with Crippen molar-refractivity contribution >= 4 is 27.5 Å². The fourth-order valence-electron chi connectivity index (χ4n) is 1.88. The summed E-state index contributed by atoms with van der Waals surface area (Å²) in [7, 11) is -4.10. The molecule has 0 radical (unpaired) electrons. The van der Waals surface area contributed by atoms with Crippen molar-refractivity contribution in [2.24, 2.45) is 5.14 Å². The number of amides is 2. The average molecular weight is 301 g/mol. The van der Waals surface area contributed by atoms with Gasteiger partial charge in [0.05, 0.1) is 5.69 Å². The van der Waals surface area contributed by atoms with E-state index in [9.17, 15) is 22.4 Å².